The molecular formula is C16H23N. The van der Waals surface area contributed by atoms with Crippen molar-refractivity contribution >= 4 is 6.08 Å². The lowest BCUT2D eigenvalue weighted by Crippen LogP contribution is -2.21. The molecule has 17 heavy (non-hydrogen) atoms. The van der Waals surface area contributed by atoms with Crippen molar-refractivity contribution in [2.75, 3.05) is 0 Å². The van der Waals surface area contributed by atoms with Crippen LogP contribution in [0.1, 0.15) is 62.8 Å². The molecule has 0 aliphatic carbocycles. The van der Waals surface area contributed by atoms with Gasteiger partial charge in [-0.25, -0.2) is 0 Å². The third-order valence-corrected chi connectivity index (χ3v) is 3.40. The SMILES string of the molecule is CC(C)c1ccc2c(c1C(C)(C)C)C=CNC2. The van der Waals surface area contributed by atoms with E-state index in [1.54, 1.807) is 0 Å². The molecular weight excluding hydrogens is 206 g/mol. The maximum Gasteiger partial charge on any atom is 0.0401 e. The highest BCUT2D eigenvalue weighted by Gasteiger charge is 2.24. The Hall–Kier alpha value is -1.24. The van der Waals surface area contributed by atoms with Crippen molar-refractivity contribution in [1.82, 2.24) is 5.32 Å². The number of rotatable bonds is 1. The van der Waals surface area contributed by atoms with E-state index in [2.05, 4.69) is 64.3 Å². The van der Waals surface area contributed by atoms with Gasteiger partial charge in [0.05, 0.1) is 0 Å². The normalized spacial score (nSPS) is 14.7. The van der Waals surface area contributed by atoms with Crippen LogP contribution in [0.4, 0.5) is 0 Å². The Kier molecular flexibility index (Phi) is 3.03. The monoisotopic (exact) mass is 229 g/mol. The quantitative estimate of drug-likeness (QED) is 0.761. The molecule has 1 aliphatic rings. The lowest BCUT2D eigenvalue weighted by molar-refractivity contribution is 0.573. The fraction of sp³-hybridized carbons (Fsp3) is 0.500. The van der Waals surface area contributed by atoms with Gasteiger partial charge in [-0.3, -0.25) is 0 Å². The predicted molar refractivity (Wildman–Crippen MR) is 75.1 cm³/mol. The molecule has 1 N–H and O–H groups in total. The van der Waals surface area contributed by atoms with Crippen LogP contribution in [0.15, 0.2) is 18.3 Å². The molecule has 0 unspecified atom stereocenters. The lowest BCUT2D eigenvalue weighted by Gasteiger charge is -2.30. The summed E-state index contributed by atoms with van der Waals surface area (Å²) >= 11 is 0. The molecule has 0 amide bonds. The maximum absolute atomic E-state index is 3.29. The molecule has 0 saturated heterocycles. The van der Waals surface area contributed by atoms with E-state index in [0.717, 1.165) is 6.54 Å². The van der Waals surface area contributed by atoms with Gasteiger partial charge in [-0.05, 0) is 45.9 Å². The highest BCUT2D eigenvalue weighted by molar-refractivity contribution is 5.63. The molecule has 1 heteroatoms. The second-order valence-corrected chi connectivity index (χ2v) is 6.22. The molecule has 1 heterocycles. The number of hydrogen-bond acceptors (Lipinski definition) is 1. The van der Waals surface area contributed by atoms with Crippen LogP contribution in [0.3, 0.4) is 0 Å². The summed E-state index contributed by atoms with van der Waals surface area (Å²) in [6, 6.07) is 4.58. The average molecular weight is 229 g/mol. The van der Waals surface area contributed by atoms with E-state index >= 15 is 0 Å². The third-order valence-electron chi connectivity index (χ3n) is 3.40. The van der Waals surface area contributed by atoms with E-state index < -0.39 is 0 Å². The van der Waals surface area contributed by atoms with Gasteiger partial charge in [-0.15, -0.1) is 0 Å². The van der Waals surface area contributed by atoms with Gasteiger partial charge in [0.1, 0.15) is 0 Å². The minimum absolute atomic E-state index is 0.201. The zero-order chi connectivity index (χ0) is 12.6. The van der Waals surface area contributed by atoms with Gasteiger partial charge >= 0.3 is 0 Å². The number of fused-ring (bicyclic) bond motifs is 1. The van der Waals surface area contributed by atoms with Crippen LogP contribution in [-0.2, 0) is 12.0 Å². The second kappa shape index (κ2) is 4.21. The van der Waals surface area contributed by atoms with Gasteiger partial charge in [0.2, 0.25) is 0 Å². The fourth-order valence-electron chi connectivity index (χ4n) is 2.65. The summed E-state index contributed by atoms with van der Waals surface area (Å²) in [5.74, 6) is 0.581. The van der Waals surface area contributed by atoms with Crippen molar-refractivity contribution in [3.05, 3.63) is 40.6 Å². The molecule has 0 radical (unpaired) electrons. The minimum atomic E-state index is 0.201. The molecule has 0 atom stereocenters. The van der Waals surface area contributed by atoms with Gasteiger partial charge in [-0.1, -0.05) is 46.8 Å². The first-order chi connectivity index (χ1) is 7.91. The number of benzene rings is 1. The molecule has 1 aromatic carbocycles. The fourth-order valence-corrected chi connectivity index (χ4v) is 2.65. The highest BCUT2D eigenvalue weighted by Crippen LogP contribution is 2.36. The van der Waals surface area contributed by atoms with Crippen LogP contribution < -0.4 is 5.32 Å². The molecule has 92 valence electrons. The van der Waals surface area contributed by atoms with E-state index in [4.69, 9.17) is 0 Å². The molecule has 2 rings (SSSR count). The lowest BCUT2D eigenvalue weighted by atomic mass is 9.76. The van der Waals surface area contributed by atoms with Gasteiger partial charge < -0.3 is 5.32 Å². The molecule has 1 aliphatic heterocycles. The molecule has 0 fully saturated rings. The zero-order valence-electron chi connectivity index (χ0n) is 11.6. The van der Waals surface area contributed by atoms with Crippen molar-refractivity contribution in [3.63, 3.8) is 0 Å². The smallest absolute Gasteiger partial charge is 0.0401 e. The van der Waals surface area contributed by atoms with E-state index in [9.17, 15) is 0 Å². The summed E-state index contributed by atoms with van der Waals surface area (Å²) in [5.41, 5.74) is 6.06. The van der Waals surface area contributed by atoms with Crippen LogP contribution in [0.5, 0.6) is 0 Å². The first-order valence-corrected chi connectivity index (χ1v) is 6.47. The number of nitrogens with one attached hydrogen (secondary N) is 1. The van der Waals surface area contributed by atoms with Gasteiger partial charge in [-0.2, -0.15) is 0 Å². The topological polar surface area (TPSA) is 12.0 Å². The molecule has 0 aromatic heterocycles. The Bertz CT molecular complexity index is 447. The second-order valence-electron chi connectivity index (χ2n) is 6.22. The van der Waals surface area contributed by atoms with E-state index in [0.29, 0.717) is 5.92 Å². The van der Waals surface area contributed by atoms with Gasteiger partial charge in [0, 0.05) is 6.54 Å². The summed E-state index contributed by atoms with van der Waals surface area (Å²) in [4.78, 5) is 0. The summed E-state index contributed by atoms with van der Waals surface area (Å²) < 4.78 is 0. The molecule has 0 saturated carbocycles. The Labute approximate surface area is 105 Å². The van der Waals surface area contributed by atoms with Crippen LogP contribution in [-0.4, -0.2) is 0 Å². The first-order valence-electron chi connectivity index (χ1n) is 6.47. The average Bonchev–Trinajstić information content (AvgIpc) is 2.26. The zero-order valence-corrected chi connectivity index (χ0v) is 11.6. The van der Waals surface area contributed by atoms with Crippen molar-refractivity contribution in [3.8, 4) is 0 Å². The van der Waals surface area contributed by atoms with Crippen molar-refractivity contribution < 1.29 is 0 Å². The first kappa shape index (κ1) is 12.2. The van der Waals surface area contributed by atoms with Crippen molar-refractivity contribution in [2.24, 2.45) is 0 Å². The minimum Gasteiger partial charge on any atom is -0.387 e. The molecule has 1 aromatic rings. The predicted octanol–water partition coefficient (Wildman–Crippen LogP) is 4.18. The van der Waals surface area contributed by atoms with E-state index in [-0.39, 0.29) is 5.41 Å². The molecule has 0 spiro atoms. The molecule has 0 bridgehead atoms. The van der Waals surface area contributed by atoms with Crippen LogP contribution in [0.25, 0.3) is 6.08 Å². The third kappa shape index (κ3) is 2.24. The largest absolute Gasteiger partial charge is 0.387 e. The molecule has 1 nitrogen and oxygen atoms in total. The van der Waals surface area contributed by atoms with Crippen LogP contribution in [0, 0.1) is 0 Å². The van der Waals surface area contributed by atoms with Gasteiger partial charge in [0.25, 0.3) is 0 Å². The van der Waals surface area contributed by atoms with E-state index in [1.807, 2.05) is 0 Å². The van der Waals surface area contributed by atoms with Gasteiger partial charge in [0.15, 0.2) is 0 Å². The van der Waals surface area contributed by atoms with Crippen LogP contribution in [0.2, 0.25) is 0 Å². The maximum atomic E-state index is 3.29. The summed E-state index contributed by atoms with van der Waals surface area (Å²) in [7, 11) is 0. The summed E-state index contributed by atoms with van der Waals surface area (Å²) in [5, 5.41) is 3.29. The Balaban J connectivity index is 2.70. The standard InChI is InChI=1S/C16H23N/c1-11(2)13-7-6-12-10-17-9-8-14(12)15(13)16(3,4)5/h6-9,11,17H,10H2,1-5H3. The van der Waals surface area contributed by atoms with Crippen LogP contribution >= 0.6 is 0 Å². The summed E-state index contributed by atoms with van der Waals surface area (Å²) in [6.45, 7) is 12.4. The van der Waals surface area contributed by atoms with E-state index in [1.165, 1.54) is 22.3 Å². The van der Waals surface area contributed by atoms with Crippen molar-refractivity contribution in [1.29, 1.82) is 0 Å². The summed E-state index contributed by atoms with van der Waals surface area (Å²) in [6.07, 6.45) is 4.30. The Morgan fingerprint density at radius 3 is 2.47 bits per heavy atom. The van der Waals surface area contributed by atoms with Crippen molar-refractivity contribution in [2.45, 2.75) is 52.5 Å². The Morgan fingerprint density at radius 1 is 1.18 bits per heavy atom. The Morgan fingerprint density at radius 2 is 1.88 bits per heavy atom. The highest BCUT2D eigenvalue weighted by atomic mass is 14.8. The number of hydrogen-bond donors (Lipinski definition) is 1.